The molecular weight excluding hydrogens is 356 g/mol. The molecule has 2 aliphatic rings. The van der Waals surface area contributed by atoms with Gasteiger partial charge in [-0.3, -0.25) is 14.4 Å². The van der Waals surface area contributed by atoms with Crippen LogP contribution in [0.25, 0.3) is 0 Å². The van der Waals surface area contributed by atoms with Crippen LogP contribution >= 0.6 is 0 Å². The number of hydrogen-bond donors (Lipinski definition) is 2. The molecule has 0 spiro atoms. The summed E-state index contributed by atoms with van der Waals surface area (Å²) in [6, 6.07) is 8.88. The summed E-state index contributed by atoms with van der Waals surface area (Å²) in [6.07, 6.45) is 3.81. The maximum absolute atomic E-state index is 13.5. The van der Waals surface area contributed by atoms with Crippen LogP contribution in [0, 0.1) is 5.92 Å². The molecule has 0 aliphatic carbocycles. The Morgan fingerprint density at radius 2 is 1.93 bits per heavy atom. The van der Waals surface area contributed by atoms with Gasteiger partial charge in [0.05, 0.1) is 5.92 Å². The Hall–Kier alpha value is -2.41. The molecule has 28 heavy (non-hydrogen) atoms. The molecule has 1 aromatic carbocycles. The highest BCUT2D eigenvalue weighted by Gasteiger charge is 2.37. The molecule has 2 aliphatic heterocycles. The first-order valence-electron chi connectivity index (χ1n) is 10.2. The summed E-state index contributed by atoms with van der Waals surface area (Å²) >= 11 is 0. The van der Waals surface area contributed by atoms with E-state index in [1.807, 2.05) is 30.3 Å². The maximum atomic E-state index is 13.5. The van der Waals surface area contributed by atoms with Crippen LogP contribution < -0.4 is 11.1 Å². The van der Waals surface area contributed by atoms with Gasteiger partial charge in [-0.25, -0.2) is 0 Å². The standard InChI is InChI=1S/C21H30N4O3/c22-11-12-23-20(27)17-9-6-13-24(15-17)21(28)19(16-7-2-1-3-8-16)25-14-5-4-10-18(25)26/h1-3,7-8,17,19H,4-6,9-15,22H2,(H,23,27). The Morgan fingerprint density at radius 1 is 1.14 bits per heavy atom. The van der Waals surface area contributed by atoms with Gasteiger partial charge >= 0.3 is 0 Å². The van der Waals surface area contributed by atoms with Crippen molar-refractivity contribution in [1.29, 1.82) is 0 Å². The Bertz CT molecular complexity index is 694. The third kappa shape index (κ3) is 4.70. The molecule has 2 fully saturated rings. The van der Waals surface area contributed by atoms with E-state index in [1.165, 1.54) is 0 Å². The third-order valence-corrected chi connectivity index (χ3v) is 5.57. The van der Waals surface area contributed by atoms with Crippen LogP contribution in [0.1, 0.15) is 43.7 Å². The third-order valence-electron chi connectivity index (χ3n) is 5.57. The number of nitrogens with two attached hydrogens (primary N) is 1. The summed E-state index contributed by atoms with van der Waals surface area (Å²) in [4.78, 5) is 41.9. The summed E-state index contributed by atoms with van der Waals surface area (Å²) in [5.74, 6) is -0.327. The number of benzene rings is 1. The molecule has 3 N–H and O–H groups in total. The first-order chi connectivity index (χ1) is 13.6. The van der Waals surface area contributed by atoms with Gasteiger partial charge in [-0.1, -0.05) is 30.3 Å². The van der Waals surface area contributed by atoms with Crippen molar-refractivity contribution in [1.82, 2.24) is 15.1 Å². The minimum atomic E-state index is -0.611. The second kappa shape index (κ2) is 9.68. The molecule has 0 radical (unpaired) electrons. The molecule has 0 aromatic heterocycles. The van der Waals surface area contributed by atoms with Crippen LogP contribution in [0.3, 0.4) is 0 Å². The smallest absolute Gasteiger partial charge is 0.250 e. The highest BCUT2D eigenvalue weighted by Crippen LogP contribution is 2.29. The zero-order valence-electron chi connectivity index (χ0n) is 16.3. The van der Waals surface area contributed by atoms with Gasteiger partial charge in [-0.15, -0.1) is 0 Å². The lowest BCUT2D eigenvalue weighted by atomic mass is 9.94. The predicted octanol–water partition coefficient (Wildman–Crippen LogP) is 1.05. The van der Waals surface area contributed by atoms with Crippen molar-refractivity contribution >= 4 is 17.7 Å². The number of carbonyl (C=O) groups is 3. The summed E-state index contributed by atoms with van der Waals surface area (Å²) in [5, 5.41) is 2.83. The van der Waals surface area contributed by atoms with Gasteiger partial charge in [-0.2, -0.15) is 0 Å². The number of amides is 3. The number of hydrogen-bond acceptors (Lipinski definition) is 4. The van der Waals surface area contributed by atoms with E-state index < -0.39 is 6.04 Å². The predicted molar refractivity (Wildman–Crippen MR) is 106 cm³/mol. The van der Waals surface area contributed by atoms with Crippen molar-refractivity contribution in [3.63, 3.8) is 0 Å². The molecular formula is C21H30N4O3. The van der Waals surface area contributed by atoms with Crippen LogP contribution in [-0.2, 0) is 14.4 Å². The molecule has 7 heteroatoms. The molecule has 1 aromatic rings. The number of likely N-dealkylation sites (tertiary alicyclic amines) is 2. The van der Waals surface area contributed by atoms with Crippen LogP contribution in [0.15, 0.2) is 30.3 Å². The van der Waals surface area contributed by atoms with Gasteiger partial charge < -0.3 is 20.9 Å². The quantitative estimate of drug-likeness (QED) is 0.764. The summed E-state index contributed by atoms with van der Waals surface area (Å²) in [7, 11) is 0. The molecule has 0 bridgehead atoms. The molecule has 2 saturated heterocycles. The van der Waals surface area contributed by atoms with E-state index in [4.69, 9.17) is 5.73 Å². The second-order valence-corrected chi connectivity index (χ2v) is 7.56. The average molecular weight is 386 g/mol. The lowest BCUT2D eigenvalue weighted by Crippen LogP contribution is -2.51. The van der Waals surface area contributed by atoms with Crippen LogP contribution in [-0.4, -0.2) is 60.2 Å². The van der Waals surface area contributed by atoms with E-state index in [-0.39, 0.29) is 23.6 Å². The summed E-state index contributed by atoms with van der Waals surface area (Å²) in [5.41, 5.74) is 6.30. The van der Waals surface area contributed by atoms with Crippen molar-refractivity contribution in [2.75, 3.05) is 32.7 Å². The monoisotopic (exact) mass is 386 g/mol. The van der Waals surface area contributed by atoms with Crippen LogP contribution in [0.5, 0.6) is 0 Å². The van der Waals surface area contributed by atoms with E-state index >= 15 is 0 Å². The van der Waals surface area contributed by atoms with Crippen molar-refractivity contribution in [2.45, 2.75) is 38.1 Å². The number of rotatable bonds is 6. The zero-order valence-corrected chi connectivity index (χ0v) is 16.3. The maximum Gasteiger partial charge on any atom is 0.250 e. The summed E-state index contributed by atoms with van der Waals surface area (Å²) < 4.78 is 0. The minimum absolute atomic E-state index is 0.0303. The topological polar surface area (TPSA) is 95.7 Å². The second-order valence-electron chi connectivity index (χ2n) is 7.56. The van der Waals surface area contributed by atoms with Gasteiger partial charge in [0.2, 0.25) is 17.7 Å². The molecule has 2 heterocycles. The largest absolute Gasteiger partial charge is 0.355 e. The highest BCUT2D eigenvalue weighted by molar-refractivity contribution is 5.89. The first-order valence-corrected chi connectivity index (χ1v) is 10.2. The van der Waals surface area contributed by atoms with Crippen molar-refractivity contribution in [2.24, 2.45) is 11.7 Å². The normalized spacial score (nSPS) is 21.3. The zero-order chi connectivity index (χ0) is 19.9. The molecule has 0 saturated carbocycles. The van der Waals surface area contributed by atoms with Crippen LogP contribution in [0.4, 0.5) is 0 Å². The van der Waals surface area contributed by atoms with Gasteiger partial charge in [0.15, 0.2) is 0 Å². The lowest BCUT2D eigenvalue weighted by molar-refractivity contribution is -0.149. The molecule has 152 valence electrons. The molecule has 7 nitrogen and oxygen atoms in total. The summed E-state index contributed by atoms with van der Waals surface area (Å²) in [6.45, 7) is 2.44. The van der Waals surface area contributed by atoms with Crippen LogP contribution in [0.2, 0.25) is 0 Å². The van der Waals surface area contributed by atoms with E-state index in [9.17, 15) is 14.4 Å². The van der Waals surface area contributed by atoms with Crippen molar-refractivity contribution in [3.8, 4) is 0 Å². The van der Waals surface area contributed by atoms with Gasteiger partial charge in [0.1, 0.15) is 6.04 Å². The Balaban J connectivity index is 1.78. The van der Waals surface area contributed by atoms with E-state index in [0.29, 0.717) is 39.1 Å². The fourth-order valence-electron chi connectivity index (χ4n) is 4.09. The molecule has 2 unspecified atom stereocenters. The fraction of sp³-hybridized carbons (Fsp3) is 0.571. The number of piperidine rings is 2. The minimum Gasteiger partial charge on any atom is -0.355 e. The molecule has 3 amide bonds. The SMILES string of the molecule is NCCNC(=O)C1CCCN(C(=O)C(c2ccccc2)N2CCCCC2=O)C1. The number of carbonyl (C=O) groups excluding carboxylic acids is 3. The Labute approximate surface area is 166 Å². The number of nitrogens with zero attached hydrogens (tertiary/aromatic N) is 2. The highest BCUT2D eigenvalue weighted by atomic mass is 16.2. The van der Waals surface area contributed by atoms with Gasteiger partial charge in [-0.05, 0) is 31.2 Å². The molecule has 2 atom stereocenters. The fourth-order valence-corrected chi connectivity index (χ4v) is 4.09. The first kappa shape index (κ1) is 20.3. The molecule has 3 rings (SSSR count). The van der Waals surface area contributed by atoms with E-state index in [1.54, 1.807) is 9.80 Å². The Kier molecular flexibility index (Phi) is 7.03. The average Bonchev–Trinajstić information content (AvgIpc) is 2.74. The Morgan fingerprint density at radius 3 is 2.64 bits per heavy atom. The van der Waals surface area contributed by atoms with Gasteiger partial charge in [0.25, 0.3) is 0 Å². The van der Waals surface area contributed by atoms with E-state index in [0.717, 1.165) is 31.2 Å². The number of nitrogens with one attached hydrogen (secondary N) is 1. The van der Waals surface area contributed by atoms with E-state index in [2.05, 4.69) is 5.32 Å². The lowest BCUT2D eigenvalue weighted by Gasteiger charge is -2.39. The van der Waals surface area contributed by atoms with Gasteiger partial charge in [0, 0.05) is 39.1 Å². The van der Waals surface area contributed by atoms with Crippen molar-refractivity contribution < 1.29 is 14.4 Å². The van der Waals surface area contributed by atoms with Crippen molar-refractivity contribution in [3.05, 3.63) is 35.9 Å².